The first kappa shape index (κ1) is 21.6. The summed E-state index contributed by atoms with van der Waals surface area (Å²) in [5.41, 5.74) is 3.81. The second kappa shape index (κ2) is 8.83. The number of halogens is 1. The molecule has 0 bridgehead atoms. The molecule has 2 aromatic heterocycles. The summed E-state index contributed by atoms with van der Waals surface area (Å²) >= 11 is 5.95. The Hall–Kier alpha value is -2.67. The van der Waals surface area contributed by atoms with Crippen LogP contribution >= 0.6 is 11.6 Å². The van der Waals surface area contributed by atoms with Gasteiger partial charge in [0, 0.05) is 34.4 Å². The largest absolute Gasteiger partial charge is 0.419 e. The molecule has 3 aromatic rings. The molecule has 7 nitrogen and oxygen atoms in total. The van der Waals surface area contributed by atoms with Crippen molar-refractivity contribution in [1.29, 1.82) is 0 Å². The Bertz CT molecular complexity index is 1070. The summed E-state index contributed by atoms with van der Waals surface area (Å²) < 4.78 is 7.85. The van der Waals surface area contributed by atoms with E-state index in [4.69, 9.17) is 16.0 Å². The van der Waals surface area contributed by atoms with Gasteiger partial charge in [0.05, 0.1) is 18.7 Å². The molecule has 1 aliphatic carbocycles. The standard InChI is InChI=1S/C23H28ClN5O2/c1-14(2)12-29-16(4)20(15(3)27-29)11-22(30)28(19-9-10-19)13-21-25-26-23(31-21)17-5-7-18(24)8-6-17/h5-8,14,19H,9-13H2,1-4H3. The molecule has 8 heteroatoms. The molecule has 0 radical (unpaired) electrons. The van der Waals surface area contributed by atoms with Gasteiger partial charge in [-0.3, -0.25) is 9.48 Å². The molecule has 0 saturated heterocycles. The normalized spacial score (nSPS) is 13.7. The van der Waals surface area contributed by atoms with E-state index in [9.17, 15) is 4.79 Å². The topological polar surface area (TPSA) is 77.1 Å². The van der Waals surface area contributed by atoms with Crippen LogP contribution in [0.4, 0.5) is 0 Å². The van der Waals surface area contributed by atoms with E-state index >= 15 is 0 Å². The monoisotopic (exact) mass is 441 g/mol. The fourth-order valence-corrected chi connectivity index (χ4v) is 3.87. The van der Waals surface area contributed by atoms with Crippen LogP contribution in [0.25, 0.3) is 11.5 Å². The summed E-state index contributed by atoms with van der Waals surface area (Å²) in [4.78, 5) is 15.1. The van der Waals surface area contributed by atoms with Crippen molar-refractivity contribution in [2.24, 2.45) is 5.92 Å². The fraction of sp³-hybridized carbons (Fsp3) is 0.478. The molecule has 1 fully saturated rings. The molecule has 31 heavy (non-hydrogen) atoms. The Balaban J connectivity index is 1.48. The lowest BCUT2D eigenvalue weighted by Gasteiger charge is -2.20. The van der Waals surface area contributed by atoms with Gasteiger partial charge in [0.25, 0.3) is 0 Å². The lowest BCUT2D eigenvalue weighted by Crippen LogP contribution is -2.34. The zero-order chi connectivity index (χ0) is 22.1. The third-order valence-electron chi connectivity index (χ3n) is 5.57. The van der Waals surface area contributed by atoms with Gasteiger partial charge in [-0.2, -0.15) is 5.10 Å². The Kier molecular flexibility index (Phi) is 6.14. The molecular formula is C23H28ClN5O2. The van der Waals surface area contributed by atoms with Crippen molar-refractivity contribution in [3.05, 3.63) is 52.1 Å². The predicted molar refractivity (Wildman–Crippen MR) is 119 cm³/mol. The number of hydrogen-bond donors (Lipinski definition) is 0. The van der Waals surface area contributed by atoms with Gasteiger partial charge in [0.1, 0.15) is 0 Å². The van der Waals surface area contributed by atoms with Gasteiger partial charge in [-0.15, -0.1) is 10.2 Å². The third-order valence-corrected chi connectivity index (χ3v) is 5.82. The molecule has 0 spiro atoms. The molecule has 1 aliphatic rings. The molecule has 0 aliphatic heterocycles. The van der Waals surface area contributed by atoms with Crippen molar-refractivity contribution < 1.29 is 9.21 Å². The number of carbonyl (C=O) groups excluding carboxylic acids is 1. The van der Waals surface area contributed by atoms with Gasteiger partial charge in [-0.1, -0.05) is 25.4 Å². The van der Waals surface area contributed by atoms with Crippen LogP contribution in [-0.2, 0) is 24.3 Å². The van der Waals surface area contributed by atoms with E-state index in [0.717, 1.165) is 41.9 Å². The zero-order valence-corrected chi connectivity index (χ0v) is 19.2. The lowest BCUT2D eigenvalue weighted by molar-refractivity contribution is -0.132. The van der Waals surface area contributed by atoms with Crippen LogP contribution in [0.5, 0.6) is 0 Å². The molecule has 4 rings (SSSR count). The van der Waals surface area contributed by atoms with E-state index in [1.165, 1.54) is 0 Å². The Morgan fingerprint density at radius 2 is 1.94 bits per heavy atom. The van der Waals surface area contributed by atoms with E-state index in [1.54, 1.807) is 12.1 Å². The summed E-state index contributed by atoms with van der Waals surface area (Å²) in [6.07, 6.45) is 2.35. The van der Waals surface area contributed by atoms with Crippen LogP contribution in [0.3, 0.4) is 0 Å². The van der Waals surface area contributed by atoms with Crippen LogP contribution in [-0.4, -0.2) is 36.8 Å². The van der Waals surface area contributed by atoms with Crippen molar-refractivity contribution in [1.82, 2.24) is 24.9 Å². The summed E-state index contributed by atoms with van der Waals surface area (Å²) in [6, 6.07) is 7.48. The molecule has 0 atom stereocenters. The number of carbonyl (C=O) groups is 1. The average Bonchev–Trinajstić information content (AvgIpc) is 3.40. The highest BCUT2D eigenvalue weighted by Crippen LogP contribution is 2.30. The van der Waals surface area contributed by atoms with Gasteiger partial charge in [-0.25, -0.2) is 0 Å². The van der Waals surface area contributed by atoms with Crippen molar-refractivity contribution in [2.45, 2.75) is 66.1 Å². The second-order valence-electron chi connectivity index (χ2n) is 8.66. The predicted octanol–water partition coefficient (Wildman–Crippen LogP) is 4.59. The van der Waals surface area contributed by atoms with E-state index < -0.39 is 0 Å². The Labute approximate surface area is 187 Å². The minimum Gasteiger partial charge on any atom is -0.419 e. The Morgan fingerprint density at radius 1 is 1.23 bits per heavy atom. The molecule has 164 valence electrons. The van der Waals surface area contributed by atoms with Crippen LogP contribution in [0, 0.1) is 19.8 Å². The summed E-state index contributed by atoms with van der Waals surface area (Å²) in [5, 5.41) is 13.6. The highest BCUT2D eigenvalue weighted by molar-refractivity contribution is 6.30. The fourth-order valence-electron chi connectivity index (χ4n) is 3.75. The van der Waals surface area contributed by atoms with Gasteiger partial charge >= 0.3 is 0 Å². The summed E-state index contributed by atoms with van der Waals surface area (Å²) in [5.74, 6) is 1.44. The zero-order valence-electron chi connectivity index (χ0n) is 18.4. The lowest BCUT2D eigenvalue weighted by atomic mass is 10.1. The maximum atomic E-state index is 13.2. The first-order valence-electron chi connectivity index (χ1n) is 10.7. The average molecular weight is 442 g/mol. The van der Waals surface area contributed by atoms with Gasteiger partial charge in [0.2, 0.25) is 17.7 Å². The molecule has 0 unspecified atom stereocenters. The minimum atomic E-state index is 0.0732. The SMILES string of the molecule is Cc1nn(CC(C)C)c(C)c1CC(=O)N(Cc1nnc(-c2ccc(Cl)cc2)o1)C1CC1. The number of rotatable bonds is 8. The minimum absolute atomic E-state index is 0.0732. The second-order valence-corrected chi connectivity index (χ2v) is 9.10. The highest BCUT2D eigenvalue weighted by atomic mass is 35.5. The molecule has 2 heterocycles. The number of nitrogens with zero attached hydrogens (tertiary/aromatic N) is 5. The van der Waals surface area contributed by atoms with E-state index in [2.05, 4.69) is 29.1 Å². The maximum absolute atomic E-state index is 13.2. The molecule has 1 amide bonds. The van der Waals surface area contributed by atoms with Gasteiger partial charge in [-0.05, 0) is 56.9 Å². The number of aryl methyl sites for hydroxylation is 1. The number of amides is 1. The number of aromatic nitrogens is 4. The molecular weight excluding hydrogens is 414 g/mol. The molecule has 1 aromatic carbocycles. The first-order chi connectivity index (χ1) is 14.8. The first-order valence-corrected chi connectivity index (χ1v) is 11.1. The van der Waals surface area contributed by atoms with Gasteiger partial charge in [0.15, 0.2) is 0 Å². The van der Waals surface area contributed by atoms with E-state index in [1.807, 2.05) is 35.6 Å². The smallest absolute Gasteiger partial charge is 0.247 e. The molecule has 1 saturated carbocycles. The molecule has 0 N–H and O–H groups in total. The van der Waals surface area contributed by atoms with E-state index in [-0.39, 0.29) is 11.9 Å². The van der Waals surface area contributed by atoms with Crippen LogP contribution in [0.1, 0.15) is 49.5 Å². The maximum Gasteiger partial charge on any atom is 0.247 e. The van der Waals surface area contributed by atoms with Crippen molar-refractivity contribution in [3.63, 3.8) is 0 Å². The highest BCUT2D eigenvalue weighted by Gasteiger charge is 2.34. The van der Waals surface area contributed by atoms with Gasteiger partial charge < -0.3 is 9.32 Å². The summed E-state index contributed by atoms with van der Waals surface area (Å²) in [7, 11) is 0. The number of hydrogen-bond acceptors (Lipinski definition) is 5. The quantitative estimate of drug-likeness (QED) is 0.510. The van der Waals surface area contributed by atoms with Crippen LogP contribution in [0.2, 0.25) is 5.02 Å². The van der Waals surface area contributed by atoms with Crippen LogP contribution in [0.15, 0.2) is 28.7 Å². The Morgan fingerprint density at radius 3 is 2.58 bits per heavy atom. The third kappa shape index (κ3) is 4.98. The van der Waals surface area contributed by atoms with Crippen molar-refractivity contribution in [3.8, 4) is 11.5 Å². The van der Waals surface area contributed by atoms with E-state index in [0.29, 0.717) is 35.7 Å². The van der Waals surface area contributed by atoms with Crippen LogP contribution < -0.4 is 0 Å². The van der Waals surface area contributed by atoms with Crippen molar-refractivity contribution >= 4 is 17.5 Å². The number of benzene rings is 1. The van der Waals surface area contributed by atoms with Crippen molar-refractivity contribution in [2.75, 3.05) is 0 Å². The summed E-state index contributed by atoms with van der Waals surface area (Å²) in [6.45, 7) is 9.52.